The van der Waals surface area contributed by atoms with Gasteiger partial charge in [0.15, 0.2) is 23.2 Å². The zero-order chi connectivity index (χ0) is 23.2. The number of aliphatic hydroxyl groups is 1. The Morgan fingerprint density at radius 1 is 1.30 bits per heavy atom. The summed E-state index contributed by atoms with van der Waals surface area (Å²) in [5.41, 5.74) is 1.39. The molecule has 1 amide bonds. The van der Waals surface area contributed by atoms with Gasteiger partial charge in [0.2, 0.25) is 5.89 Å². The Balaban J connectivity index is 1.34. The summed E-state index contributed by atoms with van der Waals surface area (Å²) in [5.74, 6) is 1.49. The predicted octanol–water partition coefficient (Wildman–Crippen LogP) is 3.63. The molecule has 1 saturated carbocycles. The molecule has 1 fully saturated rings. The Morgan fingerprint density at radius 3 is 2.82 bits per heavy atom. The molecular formula is C23H24N6O4. The van der Waals surface area contributed by atoms with Gasteiger partial charge in [-0.3, -0.25) is 4.79 Å². The lowest BCUT2D eigenvalue weighted by Gasteiger charge is -2.11. The highest BCUT2D eigenvalue weighted by Crippen LogP contribution is 2.41. The molecule has 0 aliphatic heterocycles. The maximum Gasteiger partial charge on any atom is 0.279 e. The van der Waals surface area contributed by atoms with Gasteiger partial charge in [-0.1, -0.05) is 23.8 Å². The van der Waals surface area contributed by atoms with E-state index in [1.807, 2.05) is 31.2 Å². The molecule has 3 aromatic heterocycles. The van der Waals surface area contributed by atoms with Crippen LogP contribution in [-0.4, -0.2) is 36.0 Å². The lowest BCUT2D eigenvalue weighted by Crippen LogP contribution is -2.16. The van der Waals surface area contributed by atoms with Crippen molar-refractivity contribution in [3.63, 3.8) is 0 Å². The summed E-state index contributed by atoms with van der Waals surface area (Å²) in [6.45, 7) is 5.38. The van der Waals surface area contributed by atoms with Crippen molar-refractivity contribution in [2.75, 3.05) is 5.32 Å². The van der Waals surface area contributed by atoms with Gasteiger partial charge in [-0.15, -0.1) is 5.10 Å². The third kappa shape index (κ3) is 4.56. The minimum Gasteiger partial charge on any atom is -0.446 e. The van der Waals surface area contributed by atoms with Crippen molar-refractivity contribution >= 4 is 11.7 Å². The van der Waals surface area contributed by atoms with Crippen molar-refractivity contribution < 1.29 is 18.7 Å². The van der Waals surface area contributed by atoms with E-state index in [-0.39, 0.29) is 24.0 Å². The van der Waals surface area contributed by atoms with Gasteiger partial charge >= 0.3 is 0 Å². The number of oxazole rings is 2. The monoisotopic (exact) mass is 448 g/mol. The van der Waals surface area contributed by atoms with Gasteiger partial charge < -0.3 is 19.3 Å². The normalized spacial score (nSPS) is 13.9. The van der Waals surface area contributed by atoms with Gasteiger partial charge in [-0.25, -0.2) is 9.97 Å². The van der Waals surface area contributed by atoms with Crippen LogP contribution in [0.25, 0.3) is 11.3 Å². The number of aromatic nitrogens is 5. The van der Waals surface area contributed by atoms with Gasteiger partial charge in [0.05, 0.1) is 6.20 Å². The number of benzene rings is 1. The summed E-state index contributed by atoms with van der Waals surface area (Å²) >= 11 is 0. The number of carbonyl (C=O) groups excluding carboxylic acids is 1. The van der Waals surface area contributed by atoms with Crippen LogP contribution in [-0.2, 0) is 12.1 Å². The summed E-state index contributed by atoms with van der Waals surface area (Å²) in [6, 6.07) is 7.76. The van der Waals surface area contributed by atoms with Crippen molar-refractivity contribution in [3.8, 4) is 11.3 Å². The number of aryl methyl sites for hydroxylation is 1. The van der Waals surface area contributed by atoms with Crippen molar-refractivity contribution in [1.29, 1.82) is 0 Å². The molecule has 2 N–H and O–H groups in total. The third-order valence-corrected chi connectivity index (χ3v) is 5.30. The van der Waals surface area contributed by atoms with Gasteiger partial charge in [0, 0.05) is 11.5 Å². The van der Waals surface area contributed by atoms with E-state index in [2.05, 4.69) is 25.5 Å². The Hall–Kier alpha value is -3.79. The molecule has 33 heavy (non-hydrogen) atoms. The van der Waals surface area contributed by atoms with Crippen molar-refractivity contribution in [1.82, 2.24) is 25.0 Å². The van der Waals surface area contributed by atoms with Crippen LogP contribution in [0.2, 0.25) is 0 Å². The lowest BCUT2D eigenvalue weighted by molar-refractivity contribution is 0.0737. The number of nitrogens with zero attached hydrogens (tertiary/aromatic N) is 5. The van der Waals surface area contributed by atoms with E-state index >= 15 is 0 Å². The summed E-state index contributed by atoms with van der Waals surface area (Å²) in [5, 5.41) is 21.2. The van der Waals surface area contributed by atoms with Gasteiger partial charge in [-0.05, 0) is 39.7 Å². The molecule has 1 aliphatic rings. The highest BCUT2D eigenvalue weighted by molar-refractivity contribution is 6.06. The Labute approximate surface area is 189 Å². The summed E-state index contributed by atoms with van der Waals surface area (Å²) < 4.78 is 11.4. The standard InChI is InChI=1S/C23H24N6O4/c1-13-5-4-6-15(9-13)20-19(27-22(33-20)14-7-8-14)21(30)26-17-10-24-29(28-17)11-18-25-16(12-32-18)23(2,3)31/h4-6,9-10,12,14,31H,7-8,11H2,1-3H3,(H,26,28,30). The highest BCUT2D eigenvalue weighted by atomic mass is 16.4. The number of hydrogen-bond acceptors (Lipinski definition) is 8. The fourth-order valence-electron chi connectivity index (χ4n) is 3.37. The van der Waals surface area contributed by atoms with Crippen LogP contribution in [0.15, 0.2) is 45.6 Å². The topological polar surface area (TPSA) is 132 Å². The Bertz CT molecular complexity index is 1310. The maximum atomic E-state index is 13.1. The van der Waals surface area contributed by atoms with Crippen molar-refractivity contribution in [3.05, 3.63) is 65.5 Å². The SMILES string of the molecule is Cc1cccc(-c2oc(C3CC3)nc2C(=O)Nc2cnn(Cc3nc(C(C)(C)O)co3)n2)c1. The Morgan fingerprint density at radius 2 is 2.12 bits per heavy atom. The zero-order valence-corrected chi connectivity index (χ0v) is 18.6. The third-order valence-electron chi connectivity index (χ3n) is 5.30. The molecule has 0 saturated heterocycles. The van der Waals surface area contributed by atoms with Crippen LogP contribution in [0.5, 0.6) is 0 Å². The molecule has 5 rings (SSSR count). The first-order valence-corrected chi connectivity index (χ1v) is 10.7. The smallest absolute Gasteiger partial charge is 0.279 e. The molecule has 1 aromatic carbocycles. The van der Waals surface area contributed by atoms with Crippen LogP contribution in [0, 0.1) is 6.92 Å². The van der Waals surface area contributed by atoms with E-state index in [1.165, 1.54) is 17.3 Å². The van der Waals surface area contributed by atoms with E-state index in [1.54, 1.807) is 13.8 Å². The molecule has 3 heterocycles. The average Bonchev–Trinajstić information content (AvgIpc) is 3.14. The Kier molecular flexibility index (Phi) is 5.09. The second-order valence-corrected chi connectivity index (χ2v) is 8.77. The molecule has 10 heteroatoms. The molecule has 1 aliphatic carbocycles. The molecule has 10 nitrogen and oxygen atoms in total. The predicted molar refractivity (Wildman–Crippen MR) is 117 cm³/mol. The number of anilines is 1. The van der Waals surface area contributed by atoms with Crippen molar-refractivity contribution in [2.24, 2.45) is 0 Å². The molecule has 170 valence electrons. The van der Waals surface area contributed by atoms with Gasteiger partial charge in [0.25, 0.3) is 5.91 Å². The summed E-state index contributed by atoms with van der Waals surface area (Å²) in [7, 11) is 0. The van der Waals surface area contributed by atoms with Gasteiger partial charge in [0.1, 0.15) is 24.1 Å². The molecule has 0 spiro atoms. The van der Waals surface area contributed by atoms with Crippen LogP contribution in [0.4, 0.5) is 5.82 Å². The van der Waals surface area contributed by atoms with E-state index in [0.29, 0.717) is 23.2 Å². The average molecular weight is 448 g/mol. The fraction of sp³-hybridized carbons (Fsp3) is 0.348. The minimum atomic E-state index is -1.11. The molecule has 0 atom stereocenters. The maximum absolute atomic E-state index is 13.1. The lowest BCUT2D eigenvalue weighted by atomic mass is 10.1. The van der Waals surface area contributed by atoms with Crippen molar-refractivity contribution in [2.45, 2.75) is 51.7 Å². The second kappa shape index (κ2) is 7.96. The first kappa shape index (κ1) is 21.1. The van der Waals surface area contributed by atoms with E-state index in [9.17, 15) is 9.90 Å². The number of carbonyl (C=O) groups is 1. The van der Waals surface area contributed by atoms with Crippen LogP contribution >= 0.6 is 0 Å². The fourth-order valence-corrected chi connectivity index (χ4v) is 3.37. The first-order valence-electron chi connectivity index (χ1n) is 10.7. The number of nitrogens with one attached hydrogen (secondary N) is 1. The second-order valence-electron chi connectivity index (χ2n) is 8.77. The molecule has 0 radical (unpaired) electrons. The summed E-state index contributed by atoms with van der Waals surface area (Å²) in [6.07, 6.45) is 4.86. The largest absolute Gasteiger partial charge is 0.446 e. The van der Waals surface area contributed by atoms with E-state index < -0.39 is 11.5 Å². The molecule has 0 bridgehead atoms. The molecule has 4 aromatic rings. The van der Waals surface area contributed by atoms with E-state index in [0.717, 1.165) is 24.0 Å². The molecular weight excluding hydrogens is 424 g/mol. The summed E-state index contributed by atoms with van der Waals surface area (Å²) in [4.78, 5) is 23.1. The minimum absolute atomic E-state index is 0.149. The quantitative estimate of drug-likeness (QED) is 0.438. The first-order chi connectivity index (χ1) is 15.8. The number of amides is 1. The highest BCUT2D eigenvalue weighted by Gasteiger charge is 2.32. The molecule has 0 unspecified atom stereocenters. The van der Waals surface area contributed by atoms with E-state index in [4.69, 9.17) is 8.83 Å². The van der Waals surface area contributed by atoms with Gasteiger partial charge in [-0.2, -0.15) is 9.90 Å². The number of hydrogen-bond donors (Lipinski definition) is 2. The van der Waals surface area contributed by atoms with Crippen LogP contribution in [0.3, 0.4) is 0 Å². The zero-order valence-electron chi connectivity index (χ0n) is 18.6. The van der Waals surface area contributed by atoms with Crippen LogP contribution < -0.4 is 5.32 Å². The van der Waals surface area contributed by atoms with Crippen LogP contribution in [0.1, 0.15) is 66.1 Å². The number of rotatable bonds is 7.